The number of benzene rings is 2. The summed E-state index contributed by atoms with van der Waals surface area (Å²) in [5.74, 6) is 0.202. The van der Waals surface area contributed by atoms with Crippen LogP contribution in [-0.4, -0.2) is 30.8 Å². The zero-order valence-corrected chi connectivity index (χ0v) is 16.7. The first-order chi connectivity index (χ1) is 13.3. The van der Waals surface area contributed by atoms with E-state index in [1.54, 1.807) is 0 Å². The van der Waals surface area contributed by atoms with E-state index in [1.165, 1.54) is 7.11 Å². The Morgan fingerprint density at radius 2 is 1.61 bits per heavy atom. The summed E-state index contributed by atoms with van der Waals surface area (Å²) < 4.78 is 15.8. The van der Waals surface area contributed by atoms with E-state index in [0.29, 0.717) is 0 Å². The molecule has 1 amide bonds. The molecule has 2 aromatic rings. The van der Waals surface area contributed by atoms with Crippen LogP contribution >= 0.6 is 0 Å². The second-order valence-electron chi connectivity index (χ2n) is 7.34. The van der Waals surface area contributed by atoms with Gasteiger partial charge in [0.2, 0.25) is 0 Å². The Labute approximate surface area is 165 Å². The van der Waals surface area contributed by atoms with Crippen LogP contribution in [0.25, 0.3) is 0 Å². The van der Waals surface area contributed by atoms with Crippen LogP contribution in [0.1, 0.15) is 31.9 Å². The summed E-state index contributed by atoms with van der Waals surface area (Å²) in [4.78, 5) is 24.2. The van der Waals surface area contributed by atoms with Crippen molar-refractivity contribution in [3.8, 4) is 5.75 Å². The lowest BCUT2D eigenvalue weighted by atomic mass is 10.1. The Morgan fingerprint density at radius 3 is 2.18 bits per heavy atom. The lowest BCUT2D eigenvalue weighted by Gasteiger charge is -2.21. The third-order valence-corrected chi connectivity index (χ3v) is 3.78. The summed E-state index contributed by atoms with van der Waals surface area (Å²) in [7, 11) is 1.28. The largest absolute Gasteiger partial charge is 0.488 e. The molecule has 6 nitrogen and oxygen atoms in total. The number of carbonyl (C=O) groups excluding carboxylic acids is 2. The molecule has 0 aromatic heterocycles. The number of methoxy groups -OCH3 is 1. The van der Waals surface area contributed by atoms with Crippen LogP contribution in [0, 0.1) is 0 Å². The van der Waals surface area contributed by atoms with Crippen LogP contribution in [0.3, 0.4) is 0 Å². The van der Waals surface area contributed by atoms with Crippen LogP contribution in [-0.2, 0) is 27.3 Å². The Bertz CT molecular complexity index is 766. The van der Waals surface area contributed by atoms with Crippen molar-refractivity contribution in [2.75, 3.05) is 7.11 Å². The van der Waals surface area contributed by atoms with E-state index in [4.69, 9.17) is 14.2 Å². The van der Waals surface area contributed by atoms with Crippen molar-refractivity contribution in [2.45, 2.75) is 45.4 Å². The number of ether oxygens (including phenoxy) is 3. The molecule has 2 aromatic carbocycles. The lowest BCUT2D eigenvalue weighted by molar-refractivity contribution is -0.143. The van der Waals surface area contributed by atoms with E-state index < -0.39 is 18.1 Å². The molecule has 0 radical (unpaired) electrons. The highest BCUT2D eigenvalue weighted by Gasteiger charge is 2.23. The molecule has 2 rings (SSSR count). The van der Waals surface area contributed by atoms with Crippen molar-refractivity contribution in [2.24, 2.45) is 0 Å². The maximum absolute atomic E-state index is 12.1. The van der Waals surface area contributed by atoms with E-state index in [2.05, 4.69) is 5.32 Å². The van der Waals surface area contributed by atoms with Gasteiger partial charge < -0.3 is 19.5 Å². The van der Waals surface area contributed by atoms with Crippen LogP contribution in [0.5, 0.6) is 5.75 Å². The van der Waals surface area contributed by atoms with Crippen molar-refractivity contribution >= 4 is 12.1 Å². The second kappa shape index (κ2) is 9.78. The predicted octanol–water partition coefficient (Wildman–Crippen LogP) is 3.87. The Kier molecular flexibility index (Phi) is 7.44. The highest BCUT2D eigenvalue weighted by molar-refractivity contribution is 5.81. The molecule has 0 spiro atoms. The first-order valence-electron chi connectivity index (χ1n) is 9.10. The monoisotopic (exact) mass is 385 g/mol. The number of amides is 1. The van der Waals surface area contributed by atoms with Gasteiger partial charge in [-0.1, -0.05) is 42.5 Å². The molecule has 0 unspecified atom stereocenters. The summed E-state index contributed by atoms with van der Waals surface area (Å²) in [6, 6.07) is 15.9. The van der Waals surface area contributed by atoms with E-state index in [-0.39, 0.29) is 18.6 Å². The first kappa shape index (κ1) is 21.3. The highest BCUT2D eigenvalue weighted by Crippen LogP contribution is 2.19. The Morgan fingerprint density at radius 1 is 0.964 bits per heavy atom. The third kappa shape index (κ3) is 7.31. The highest BCUT2D eigenvalue weighted by atomic mass is 16.6. The summed E-state index contributed by atoms with van der Waals surface area (Å²) in [5, 5.41) is 2.57. The van der Waals surface area contributed by atoms with Gasteiger partial charge in [-0.15, -0.1) is 0 Å². The van der Waals surface area contributed by atoms with E-state index in [1.807, 2.05) is 75.4 Å². The van der Waals surface area contributed by atoms with Crippen LogP contribution < -0.4 is 10.1 Å². The predicted molar refractivity (Wildman–Crippen MR) is 106 cm³/mol. The fourth-order valence-electron chi connectivity index (χ4n) is 2.53. The lowest BCUT2D eigenvalue weighted by Crippen LogP contribution is -2.43. The van der Waals surface area contributed by atoms with Crippen molar-refractivity contribution in [1.82, 2.24) is 5.32 Å². The molecule has 0 aliphatic heterocycles. The molecule has 0 saturated heterocycles. The van der Waals surface area contributed by atoms with E-state index >= 15 is 0 Å². The van der Waals surface area contributed by atoms with Crippen molar-refractivity contribution < 1.29 is 23.8 Å². The molecule has 28 heavy (non-hydrogen) atoms. The molecule has 1 N–H and O–H groups in total. The molecule has 0 aliphatic rings. The van der Waals surface area contributed by atoms with Crippen LogP contribution in [0.15, 0.2) is 54.6 Å². The van der Waals surface area contributed by atoms with Gasteiger partial charge in [-0.3, -0.25) is 0 Å². The van der Waals surface area contributed by atoms with Crippen molar-refractivity contribution in [3.05, 3.63) is 65.7 Å². The fraction of sp³-hybridized carbons (Fsp3) is 0.364. The average molecular weight is 385 g/mol. The summed E-state index contributed by atoms with van der Waals surface area (Å²) in [5.41, 5.74) is 1.43. The van der Waals surface area contributed by atoms with Gasteiger partial charge in [0.05, 0.1) is 7.11 Å². The van der Waals surface area contributed by atoms with Gasteiger partial charge in [0.25, 0.3) is 0 Å². The smallest absolute Gasteiger partial charge is 0.408 e. The van der Waals surface area contributed by atoms with Crippen molar-refractivity contribution in [1.29, 1.82) is 0 Å². The zero-order chi connectivity index (χ0) is 20.6. The number of rotatable bonds is 7. The van der Waals surface area contributed by atoms with Gasteiger partial charge in [-0.2, -0.15) is 0 Å². The maximum atomic E-state index is 12.1. The number of esters is 1. The fourth-order valence-corrected chi connectivity index (χ4v) is 2.53. The third-order valence-electron chi connectivity index (χ3n) is 3.78. The standard InChI is InChI=1S/C22H27NO5/c1-22(2,3)28-18-12-10-16(11-13-18)14-19(20(24)26-4)23-21(25)27-15-17-8-6-5-7-9-17/h5-13,19H,14-15H2,1-4H3,(H,23,25)/t19-/m0/s1. The van der Waals surface area contributed by atoms with Gasteiger partial charge in [0.15, 0.2) is 0 Å². The maximum Gasteiger partial charge on any atom is 0.408 e. The minimum absolute atomic E-state index is 0.124. The molecule has 150 valence electrons. The zero-order valence-electron chi connectivity index (χ0n) is 16.7. The van der Waals surface area contributed by atoms with Crippen molar-refractivity contribution in [3.63, 3.8) is 0 Å². The molecule has 0 aliphatic carbocycles. The Hall–Kier alpha value is -3.02. The second-order valence-corrected chi connectivity index (χ2v) is 7.34. The summed E-state index contributed by atoms with van der Waals surface area (Å²) in [6.07, 6.45) is -0.393. The molecular formula is C22H27NO5. The van der Waals surface area contributed by atoms with Gasteiger partial charge in [0, 0.05) is 6.42 Å². The molecule has 0 bridgehead atoms. The van der Waals surface area contributed by atoms with Gasteiger partial charge in [-0.25, -0.2) is 9.59 Å². The van der Waals surface area contributed by atoms with E-state index in [0.717, 1.165) is 16.9 Å². The number of hydrogen-bond donors (Lipinski definition) is 1. The van der Waals surface area contributed by atoms with Gasteiger partial charge >= 0.3 is 12.1 Å². The first-order valence-corrected chi connectivity index (χ1v) is 9.10. The molecule has 6 heteroatoms. The summed E-state index contributed by atoms with van der Waals surface area (Å²) >= 11 is 0. The average Bonchev–Trinajstić information content (AvgIpc) is 2.66. The molecule has 1 atom stereocenters. The number of hydrogen-bond acceptors (Lipinski definition) is 5. The quantitative estimate of drug-likeness (QED) is 0.733. The topological polar surface area (TPSA) is 73.9 Å². The van der Waals surface area contributed by atoms with Crippen LogP contribution in [0.4, 0.5) is 4.79 Å². The molecule has 0 heterocycles. The minimum atomic E-state index is -0.845. The van der Waals surface area contributed by atoms with Crippen LogP contribution in [0.2, 0.25) is 0 Å². The summed E-state index contributed by atoms with van der Waals surface area (Å²) in [6.45, 7) is 6.04. The number of alkyl carbamates (subject to hydrolysis) is 1. The molecule has 0 saturated carbocycles. The molecular weight excluding hydrogens is 358 g/mol. The normalized spacial score (nSPS) is 12.0. The Balaban J connectivity index is 1.95. The number of nitrogens with one attached hydrogen (secondary N) is 1. The van der Waals surface area contributed by atoms with Gasteiger partial charge in [-0.05, 0) is 44.0 Å². The van der Waals surface area contributed by atoms with Gasteiger partial charge in [0.1, 0.15) is 24.0 Å². The SMILES string of the molecule is COC(=O)[C@H](Cc1ccc(OC(C)(C)C)cc1)NC(=O)OCc1ccccc1. The number of carbonyl (C=O) groups is 2. The minimum Gasteiger partial charge on any atom is -0.488 e. The van der Waals surface area contributed by atoms with E-state index in [9.17, 15) is 9.59 Å². The molecule has 0 fully saturated rings.